The lowest BCUT2D eigenvalue weighted by Crippen LogP contribution is -2.37. The molecule has 4 heteroatoms. The van der Waals surface area contributed by atoms with E-state index in [-0.39, 0.29) is 11.9 Å². The Morgan fingerprint density at radius 3 is 2.86 bits per heavy atom. The predicted octanol–water partition coefficient (Wildman–Crippen LogP) is 2.74. The van der Waals surface area contributed by atoms with Crippen molar-refractivity contribution in [2.45, 2.75) is 19.9 Å². The van der Waals surface area contributed by atoms with Crippen LogP contribution in [0.2, 0.25) is 0 Å². The second-order valence-electron chi connectivity index (χ2n) is 3.37. The highest BCUT2D eigenvalue weighted by atomic mass is 35.5. The van der Waals surface area contributed by atoms with Crippen molar-refractivity contribution >= 4 is 28.8 Å². The van der Waals surface area contributed by atoms with Gasteiger partial charge in [0, 0.05) is 11.9 Å². The number of carbonyl (C=O) groups is 1. The summed E-state index contributed by atoms with van der Waals surface area (Å²) >= 11 is 7.15. The number of amides is 1. The van der Waals surface area contributed by atoms with Crippen LogP contribution in [0.3, 0.4) is 0 Å². The third kappa shape index (κ3) is 3.00. The smallest absolute Gasteiger partial charge is 0.261 e. The van der Waals surface area contributed by atoms with Crippen molar-refractivity contribution in [3.05, 3.63) is 22.4 Å². The lowest BCUT2D eigenvalue weighted by Gasteiger charge is -2.18. The fourth-order valence-corrected chi connectivity index (χ4v) is 1.86. The normalized spacial score (nSPS) is 14.8. The molecule has 1 N–H and O–H groups in total. The van der Waals surface area contributed by atoms with E-state index in [4.69, 9.17) is 11.6 Å². The van der Waals surface area contributed by atoms with Gasteiger partial charge < -0.3 is 5.32 Å². The van der Waals surface area contributed by atoms with Gasteiger partial charge in [-0.2, -0.15) is 0 Å². The van der Waals surface area contributed by atoms with Crippen molar-refractivity contribution in [3.8, 4) is 0 Å². The summed E-state index contributed by atoms with van der Waals surface area (Å²) in [6.07, 6.45) is 0. The van der Waals surface area contributed by atoms with Crippen molar-refractivity contribution in [2.24, 2.45) is 5.92 Å². The summed E-state index contributed by atoms with van der Waals surface area (Å²) in [7, 11) is 0. The number of alkyl halides is 1. The molecule has 1 aromatic rings. The Labute approximate surface area is 93.3 Å². The van der Waals surface area contributed by atoms with Gasteiger partial charge in [0.2, 0.25) is 0 Å². The molecule has 0 aliphatic heterocycles. The summed E-state index contributed by atoms with van der Waals surface area (Å²) in [4.78, 5) is 12.3. The number of thiophene rings is 1. The lowest BCUT2D eigenvalue weighted by molar-refractivity contribution is 0.0935. The lowest BCUT2D eigenvalue weighted by atomic mass is 10.1. The highest BCUT2D eigenvalue weighted by Gasteiger charge is 2.15. The Kier molecular flexibility index (Phi) is 4.42. The molecule has 0 fully saturated rings. The molecule has 0 aliphatic rings. The molecule has 78 valence electrons. The van der Waals surface area contributed by atoms with Crippen molar-refractivity contribution in [1.29, 1.82) is 0 Å². The van der Waals surface area contributed by atoms with Crippen LogP contribution in [0.5, 0.6) is 0 Å². The van der Waals surface area contributed by atoms with E-state index in [0.29, 0.717) is 11.8 Å². The van der Waals surface area contributed by atoms with Crippen LogP contribution < -0.4 is 5.32 Å². The maximum atomic E-state index is 11.6. The number of carbonyl (C=O) groups excluding carboxylic acids is 1. The molecule has 1 heterocycles. The first-order chi connectivity index (χ1) is 6.65. The molecular formula is C10H14ClNOS. The van der Waals surface area contributed by atoms with E-state index in [9.17, 15) is 4.79 Å². The van der Waals surface area contributed by atoms with E-state index in [1.54, 1.807) is 0 Å². The number of nitrogens with one attached hydrogen (secondary N) is 1. The van der Waals surface area contributed by atoms with Gasteiger partial charge >= 0.3 is 0 Å². The fraction of sp³-hybridized carbons (Fsp3) is 0.500. The summed E-state index contributed by atoms with van der Waals surface area (Å²) in [5.41, 5.74) is 0. The molecular weight excluding hydrogens is 218 g/mol. The molecule has 1 aromatic heterocycles. The highest BCUT2D eigenvalue weighted by Crippen LogP contribution is 2.10. The second kappa shape index (κ2) is 5.37. The average Bonchev–Trinajstić information content (AvgIpc) is 2.69. The molecule has 0 aliphatic carbocycles. The van der Waals surface area contributed by atoms with Crippen LogP contribution in [0.4, 0.5) is 0 Å². The van der Waals surface area contributed by atoms with Crippen LogP contribution in [0.15, 0.2) is 17.5 Å². The van der Waals surface area contributed by atoms with E-state index < -0.39 is 0 Å². The molecule has 0 aromatic carbocycles. The maximum absolute atomic E-state index is 11.6. The molecule has 0 saturated carbocycles. The number of rotatable bonds is 4. The first-order valence-electron chi connectivity index (χ1n) is 4.55. The topological polar surface area (TPSA) is 29.1 Å². The number of hydrogen-bond acceptors (Lipinski definition) is 2. The van der Waals surface area contributed by atoms with Crippen LogP contribution in [0.25, 0.3) is 0 Å². The van der Waals surface area contributed by atoms with Gasteiger partial charge in [0.05, 0.1) is 4.88 Å². The van der Waals surface area contributed by atoms with Crippen LogP contribution in [-0.2, 0) is 0 Å². The van der Waals surface area contributed by atoms with Gasteiger partial charge in [-0.25, -0.2) is 0 Å². The Morgan fingerprint density at radius 1 is 1.64 bits per heavy atom. The summed E-state index contributed by atoms with van der Waals surface area (Å²) in [6.45, 7) is 3.99. The minimum absolute atomic E-state index is 0.00975. The third-order valence-corrected chi connectivity index (χ3v) is 3.56. The zero-order valence-corrected chi connectivity index (χ0v) is 9.86. The minimum Gasteiger partial charge on any atom is -0.349 e. The van der Waals surface area contributed by atoms with Gasteiger partial charge in [-0.05, 0) is 24.3 Å². The van der Waals surface area contributed by atoms with Gasteiger partial charge in [0.1, 0.15) is 0 Å². The van der Waals surface area contributed by atoms with Crippen LogP contribution in [0, 0.1) is 5.92 Å². The monoisotopic (exact) mass is 231 g/mol. The Morgan fingerprint density at radius 2 is 2.36 bits per heavy atom. The first-order valence-corrected chi connectivity index (χ1v) is 5.97. The van der Waals surface area contributed by atoms with E-state index in [1.807, 2.05) is 31.4 Å². The van der Waals surface area contributed by atoms with Gasteiger partial charge in [-0.3, -0.25) is 4.79 Å². The molecule has 0 bridgehead atoms. The third-order valence-electron chi connectivity index (χ3n) is 2.20. The molecule has 2 unspecified atom stereocenters. The number of halogens is 1. The van der Waals surface area contributed by atoms with Gasteiger partial charge in [-0.1, -0.05) is 13.0 Å². The zero-order valence-electron chi connectivity index (χ0n) is 8.29. The molecule has 1 rings (SSSR count). The van der Waals surface area contributed by atoms with E-state index in [2.05, 4.69) is 5.32 Å². The largest absolute Gasteiger partial charge is 0.349 e. The van der Waals surface area contributed by atoms with Crippen LogP contribution >= 0.6 is 22.9 Å². The summed E-state index contributed by atoms with van der Waals surface area (Å²) in [6, 6.07) is 3.80. The van der Waals surface area contributed by atoms with Crippen LogP contribution in [0.1, 0.15) is 23.5 Å². The molecule has 2 atom stereocenters. The van der Waals surface area contributed by atoms with Crippen molar-refractivity contribution in [1.82, 2.24) is 5.32 Å². The zero-order chi connectivity index (χ0) is 10.6. The van der Waals surface area contributed by atoms with Crippen LogP contribution in [-0.4, -0.2) is 17.8 Å². The Hall–Kier alpha value is -0.540. The molecule has 14 heavy (non-hydrogen) atoms. The standard InChI is InChI=1S/C10H14ClNOS/c1-7(6-11)8(2)12-10(13)9-4-3-5-14-9/h3-5,7-8H,6H2,1-2H3,(H,12,13). The van der Waals surface area contributed by atoms with Crippen molar-refractivity contribution in [3.63, 3.8) is 0 Å². The van der Waals surface area contributed by atoms with E-state index in [0.717, 1.165) is 4.88 Å². The van der Waals surface area contributed by atoms with E-state index in [1.165, 1.54) is 11.3 Å². The van der Waals surface area contributed by atoms with E-state index >= 15 is 0 Å². The van der Waals surface area contributed by atoms with Gasteiger partial charge in [0.25, 0.3) is 5.91 Å². The molecule has 0 saturated heterocycles. The van der Waals surface area contributed by atoms with Gasteiger partial charge in [-0.15, -0.1) is 22.9 Å². The molecule has 2 nitrogen and oxygen atoms in total. The predicted molar refractivity (Wildman–Crippen MR) is 61.1 cm³/mol. The quantitative estimate of drug-likeness (QED) is 0.794. The van der Waals surface area contributed by atoms with Crippen molar-refractivity contribution in [2.75, 3.05) is 5.88 Å². The molecule has 1 amide bonds. The second-order valence-corrected chi connectivity index (χ2v) is 4.63. The summed E-state index contributed by atoms with van der Waals surface area (Å²) in [5, 5.41) is 4.81. The van der Waals surface area contributed by atoms with Crippen molar-refractivity contribution < 1.29 is 4.79 Å². The SMILES string of the molecule is CC(CCl)C(C)NC(=O)c1cccs1. The molecule has 0 radical (unpaired) electrons. The number of hydrogen-bond donors (Lipinski definition) is 1. The Bertz CT molecular complexity index is 286. The van der Waals surface area contributed by atoms with Gasteiger partial charge in [0.15, 0.2) is 0 Å². The summed E-state index contributed by atoms with van der Waals surface area (Å²) < 4.78 is 0. The summed E-state index contributed by atoms with van der Waals surface area (Å²) in [5.74, 6) is 0.844. The fourth-order valence-electron chi connectivity index (χ4n) is 0.962. The first kappa shape index (κ1) is 11.5. The molecule has 0 spiro atoms. The maximum Gasteiger partial charge on any atom is 0.261 e. The minimum atomic E-state index is -0.00975. The average molecular weight is 232 g/mol. The Balaban J connectivity index is 2.49. The highest BCUT2D eigenvalue weighted by molar-refractivity contribution is 7.12.